The van der Waals surface area contributed by atoms with Crippen molar-refractivity contribution < 1.29 is 14.3 Å². The first kappa shape index (κ1) is 14.8. The predicted molar refractivity (Wildman–Crippen MR) is 88.1 cm³/mol. The molecule has 4 nitrogen and oxygen atoms in total. The highest BCUT2D eigenvalue weighted by atomic mass is 16.4. The van der Waals surface area contributed by atoms with Gasteiger partial charge < -0.3 is 9.52 Å². The van der Waals surface area contributed by atoms with Crippen molar-refractivity contribution in [3.63, 3.8) is 0 Å². The second kappa shape index (κ2) is 6.00. The van der Waals surface area contributed by atoms with E-state index in [-0.39, 0.29) is 5.92 Å². The maximum atomic E-state index is 11.7. The quantitative estimate of drug-likeness (QED) is 0.934. The van der Waals surface area contributed by atoms with Gasteiger partial charge in [0.05, 0.1) is 12.5 Å². The van der Waals surface area contributed by atoms with Crippen LogP contribution < -0.4 is 0 Å². The van der Waals surface area contributed by atoms with E-state index in [0.29, 0.717) is 24.9 Å². The molecule has 4 rings (SSSR count). The van der Waals surface area contributed by atoms with Crippen molar-refractivity contribution in [3.8, 4) is 0 Å². The van der Waals surface area contributed by atoms with E-state index in [9.17, 15) is 9.90 Å². The molecule has 0 radical (unpaired) electrons. The van der Waals surface area contributed by atoms with E-state index < -0.39 is 5.97 Å². The van der Waals surface area contributed by atoms with Crippen LogP contribution in [-0.2, 0) is 11.3 Å². The summed E-state index contributed by atoms with van der Waals surface area (Å²) in [6, 6.07) is 10.1. The Labute approximate surface area is 136 Å². The number of fused-ring (bicyclic) bond motifs is 1. The summed E-state index contributed by atoms with van der Waals surface area (Å²) in [7, 11) is 0. The number of aliphatic carboxylic acids is 1. The van der Waals surface area contributed by atoms with Gasteiger partial charge >= 0.3 is 5.97 Å². The summed E-state index contributed by atoms with van der Waals surface area (Å²) in [5, 5.41) is 10.7. The maximum absolute atomic E-state index is 11.7. The fourth-order valence-corrected chi connectivity index (χ4v) is 4.50. The standard InChI is InChI=1S/C19H23NO3/c21-19(22)17-12-20(11-16(17)13-5-1-2-6-13)10-15-9-14-7-3-4-8-18(14)23-15/h3-4,7-9,13,16-17H,1-2,5-6,10-12H2,(H,21,22)/t16-,17+/m0/s1. The molecule has 2 fully saturated rings. The molecule has 0 amide bonds. The number of rotatable bonds is 4. The number of benzene rings is 1. The molecule has 1 aliphatic carbocycles. The molecule has 2 heterocycles. The van der Waals surface area contributed by atoms with E-state index in [2.05, 4.69) is 11.0 Å². The normalized spacial score (nSPS) is 26.3. The zero-order valence-corrected chi connectivity index (χ0v) is 13.3. The highest BCUT2D eigenvalue weighted by molar-refractivity contribution is 5.77. The average molecular weight is 313 g/mol. The molecule has 1 aliphatic heterocycles. The lowest BCUT2D eigenvalue weighted by Gasteiger charge is -2.21. The number of nitrogens with zero attached hydrogens (tertiary/aromatic N) is 1. The number of carboxylic acid groups (broad SMARTS) is 1. The molecular weight excluding hydrogens is 290 g/mol. The van der Waals surface area contributed by atoms with Gasteiger partial charge in [0.25, 0.3) is 0 Å². The largest absolute Gasteiger partial charge is 0.481 e. The summed E-state index contributed by atoms with van der Waals surface area (Å²) in [4.78, 5) is 13.9. The molecular formula is C19H23NO3. The van der Waals surface area contributed by atoms with Gasteiger partial charge in [0, 0.05) is 18.5 Å². The van der Waals surface area contributed by atoms with Crippen molar-refractivity contribution in [1.82, 2.24) is 4.90 Å². The van der Waals surface area contributed by atoms with Crippen LogP contribution in [0.5, 0.6) is 0 Å². The molecule has 2 atom stereocenters. The van der Waals surface area contributed by atoms with Crippen molar-refractivity contribution in [3.05, 3.63) is 36.1 Å². The van der Waals surface area contributed by atoms with Crippen LogP contribution in [0.3, 0.4) is 0 Å². The molecule has 1 N–H and O–H groups in total. The smallest absolute Gasteiger partial charge is 0.308 e. The van der Waals surface area contributed by atoms with E-state index in [1.54, 1.807) is 0 Å². The van der Waals surface area contributed by atoms with E-state index in [1.807, 2.05) is 24.3 Å². The van der Waals surface area contributed by atoms with Crippen molar-refractivity contribution >= 4 is 16.9 Å². The van der Waals surface area contributed by atoms with Gasteiger partial charge in [-0.2, -0.15) is 0 Å². The van der Waals surface area contributed by atoms with Gasteiger partial charge in [0.2, 0.25) is 0 Å². The van der Waals surface area contributed by atoms with Crippen LogP contribution in [0.15, 0.2) is 34.7 Å². The number of carboxylic acids is 1. The lowest BCUT2D eigenvalue weighted by atomic mass is 9.83. The van der Waals surface area contributed by atoms with Crippen LogP contribution in [0.2, 0.25) is 0 Å². The number of furan rings is 1. The molecule has 2 aromatic rings. The minimum absolute atomic E-state index is 0.220. The summed E-state index contributed by atoms with van der Waals surface area (Å²) >= 11 is 0. The monoisotopic (exact) mass is 313 g/mol. The van der Waals surface area contributed by atoms with Gasteiger partial charge in [-0.15, -0.1) is 0 Å². The van der Waals surface area contributed by atoms with Gasteiger partial charge in [-0.1, -0.05) is 43.9 Å². The first-order valence-corrected chi connectivity index (χ1v) is 8.63. The predicted octanol–water partition coefficient (Wildman–Crippen LogP) is 3.76. The molecule has 23 heavy (non-hydrogen) atoms. The molecule has 2 aliphatic rings. The van der Waals surface area contributed by atoms with E-state index >= 15 is 0 Å². The topological polar surface area (TPSA) is 53.7 Å². The second-order valence-corrected chi connectivity index (χ2v) is 7.10. The van der Waals surface area contributed by atoms with Crippen LogP contribution in [0.4, 0.5) is 0 Å². The Morgan fingerprint density at radius 3 is 2.74 bits per heavy atom. The van der Waals surface area contributed by atoms with Crippen molar-refractivity contribution in [1.29, 1.82) is 0 Å². The minimum atomic E-state index is -0.631. The Bertz CT molecular complexity index is 668. The number of carbonyl (C=O) groups is 1. The zero-order valence-electron chi connectivity index (χ0n) is 13.3. The van der Waals surface area contributed by atoms with Crippen molar-refractivity contribution in [2.75, 3.05) is 13.1 Å². The van der Waals surface area contributed by atoms with E-state index in [4.69, 9.17) is 4.42 Å². The molecule has 1 aromatic heterocycles. The Morgan fingerprint density at radius 2 is 2.00 bits per heavy atom. The Morgan fingerprint density at radius 1 is 1.22 bits per heavy atom. The van der Waals surface area contributed by atoms with Gasteiger partial charge in [0.15, 0.2) is 0 Å². The lowest BCUT2D eigenvalue weighted by Crippen LogP contribution is -2.26. The molecule has 1 saturated heterocycles. The third kappa shape index (κ3) is 2.88. The number of likely N-dealkylation sites (tertiary alicyclic amines) is 1. The number of para-hydroxylation sites is 1. The third-order valence-electron chi connectivity index (χ3n) is 5.62. The average Bonchev–Trinajstić information content (AvgIpc) is 3.25. The van der Waals surface area contributed by atoms with E-state index in [1.165, 1.54) is 25.7 Å². The Balaban J connectivity index is 1.49. The molecule has 0 bridgehead atoms. The Kier molecular flexibility index (Phi) is 3.85. The first-order chi connectivity index (χ1) is 11.2. The minimum Gasteiger partial charge on any atom is -0.481 e. The van der Waals surface area contributed by atoms with Crippen LogP contribution in [0.25, 0.3) is 11.0 Å². The summed E-state index contributed by atoms with van der Waals surface area (Å²) in [6.45, 7) is 2.24. The second-order valence-electron chi connectivity index (χ2n) is 7.10. The number of hydrogen-bond donors (Lipinski definition) is 1. The SMILES string of the molecule is O=C(O)[C@@H]1CN(Cc2cc3ccccc3o2)C[C@H]1C1CCCC1. The van der Waals surface area contributed by atoms with Crippen LogP contribution in [0, 0.1) is 17.8 Å². The fourth-order valence-electron chi connectivity index (χ4n) is 4.50. The first-order valence-electron chi connectivity index (χ1n) is 8.63. The molecule has 1 aromatic carbocycles. The van der Waals surface area contributed by atoms with Crippen LogP contribution >= 0.6 is 0 Å². The van der Waals surface area contributed by atoms with Gasteiger partial charge in [-0.3, -0.25) is 9.69 Å². The molecule has 1 saturated carbocycles. The highest BCUT2D eigenvalue weighted by Gasteiger charge is 2.42. The summed E-state index contributed by atoms with van der Waals surface area (Å²) in [6.07, 6.45) is 4.92. The number of hydrogen-bond acceptors (Lipinski definition) is 3. The summed E-state index contributed by atoms with van der Waals surface area (Å²) in [5.41, 5.74) is 0.906. The van der Waals surface area contributed by atoms with Crippen LogP contribution in [0.1, 0.15) is 31.4 Å². The van der Waals surface area contributed by atoms with Gasteiger partial charge in [0.1, 0.15) is 11.3 Å². The molecule has 4 heteroatoms. The van der Waals surface area contributed by atoms with Crippen LogP contribution in [-0.4, -0.2) is 29.1 Å². The molecule has 122 valence electrons. The third-order valence-corrected chi connectivity index (χ3v) is 5.62. The van der Waals surface area contributed by atoms with Crippen molar-refractivity contribution in [2.45, 2.75) is 32.2 Å². The van der Waals surface area contributed by atoms with Crippen molar-refractivity contribution in [2.24, 2.45) is 17.8 Å². The molecule has 0 spiro atoms. The summed E-state index contributed by atoms with van der Waals surface area (Å²) in [5.74, 6) is 0.982. The molecule has 0 unspecified atom stereocenters. The zero-order chi connectivity index (χ0) is 15.8. The van der Waals surface area contributed by atoms with Gasteiger partial charge in [-0.05, 0) is 24.0 Å². The maximum Gasteiger partial charge on any atom is 0.308 e. The highest BCUT2D eigenvalue weighted by Crippen LogP contribution is 2.40. The lowest BCUT2D eigenvalue weighted by molar-refractivity contribution is -0.143. The fraction of sp³-hybridized carbons (Fsp3) is 0.526. The van der Waals surface area contributed by atoms with E-state index in [0.717, 1.165) is 23.3 Å². The Hall–Kier alpha value is -1.81. The van der Waals surface area contributed by atoms with Gasteiger partial charge in [-0.25, -0.2) is 0 Å². The summed E-state index contributed by atoms with van der Waals surface area (Å²) < 4.78 is 5.90.